The van der Waals surface area contributed by atoms with Gasteiger partial charge in [-0.05, 0) is 11.1 Å². The lowest BCUT2D eigenvalue weighted by atomic mass is 9.77. The first kappa shape index (κ1) is 8.47. The van der Waals surface area contributed by atoms with E-state index in [4.69, 9.17) is 4.74 Å². The first-order valence-corrected chi connectivity index (χ1v) is 5.27. The molecule has 4 unspecified atom stereocenters. The van der Waals surface area contributed by atoms with Gasteiger partial charge in [-0.25, -0.2) is 0 Å². The Morgan fingerprint density at radius 2 is 1.38 bits per heavy atom. The van der Waals surface area contributed by atoms with Gasteiger partial charge in [-0.1, -0.05) is 24.3 Å². The number of cyclic esters (lactones) is 2. The van der Waals surface area contributed by atoms with E-state index >= 15 is 0 Å². The Morgan fingerprint density at radius 1 is 0.875 bits per heavy atom. The smallest absolute Gasteiger partial charge is 0.320 e. The van der Waals surface area contributed by atoms with Crippen molar-refractivity contribution in [2.45, 2.75) is 12.2 Å². The van der Waals surface area contributed by atoms with Gasteiger partial charge in [-0.3, -0.25) is 9.59 Å². The van der Waals surface area contributed by atoms with Gasteiger partial charge in [-0.15, -0.1) is 0 Å². The summed E-state index contributed by atoms with van der Waals surface area (Å²) in [6, 6.07) is 7.73. The number of carbonyl (C=O) groups excluding carboxylic acids is 2. The molecule has 0 radical (unpaired) electrons. The lowest BCUT2D eigenvalue weighted by Crippen LogP contribution is -2.23. The molecule has 1 aromatic rings. The van der Waals surface area contributed by atoms with Crippen LogP contribution in [-0.2, 0) is 19.1 Å². The second-order valence-corrected chi connectivity index (χ2v) is 4.40. The Labute approximate surface area is 91.2 Å². The van der Waals surface area contributed by atoms with E-state index in [9.17, 15) is 9.59 Å². The normalized spacial score (nSPS) is 38.5. The van der Waals surface area contributed by atoms with Crippen LogP contribution >= 0.6 is 0 Å². The van der Waals surface area contributed by atoms with Gasteiger partial charge in [-0.2, -0.15) is 0 Å². The Bertz CT molecular complexity index is 477. The quantitative estimate of drug-likeness (QED) is 0.482. The number of hydrogen-bond donors (Lipinski definition) is 0. The molecule has 4 rings (SSSR count). The van der Waals surface area contributed by atoms with Crippen molar-refractivity contribution in [1.82, 2.24) is 0 Å². The molecule has 2 saturated heterocycles. The van der Waals surface area contributed by atoms with Gasteiger partial charge in [0.15, 0.2) is 0 Å². The summed E-state index contributed by atoms with van der Waals surface area (Å²) in [5.41, 5.74) is 2.06. The molecule has 3 aliphatic rings. The molecule has 0 aromatic heterocycles. The van der Waals surface area contributed by atoms with Gasteiger partial charge >= 0.3 is 11.9 Å². The van der Waals surface area contributed by atoms with E-state index in [0.717, 1.165) is 11.1 Å². The maximum Gasteiger partial charge on any atom is 0.320 e. The van der Waals surface area contributed by atoms with Gasteiger partial charge in [0, 0.05) is 0 Å². The van der Waals surface area contributed by atoms with Crippen molar-refractivity contribution in [2.24, 2.45) is 11.8 Å². The third-order valence-electron chi connectivity index (χ3n) is 3.69. The number of hydrogen-bond acceptors (Lipinski definition) is 4. The van der Waals surface area contributed by atoms with Crippen molar-refractivity contribution >= 4 is 11.9 Å². The molecule has 2 bridgehead atoms. The van der Waals surface area contributed by atoms with E-state index in [-0.39, 0.29) is 12.2 Å². The van der Waals surface area contributed by atoms with Gasteiger partial charge in [0.05, 0.1) is 12.2 Å². The Kier molecular flexibility index (Phi) is 1.33. The molecule has 2 fully saturated rings. The van der Waals surface area contributed by atoms with Crippen LogP contribution in [0.1, 0.15) is 23.3 Å². The number of fused-ring (bicyclic) bond motifs is 8. The summed E-state index contributed by atoms with van der Waals surface area (Å²) >= 11 is 0. The zero-order valence-electron chi connectivity index (χ0n) is 8.25. The summed E-state index contributed by atoms with van der Waals surface area (Å²) in [5, 5.41) is 0. The van der Waals surface area contributed by atoms with Crippen LogP contribution < -0.4 is 0 Å². The number of esters is 2. The number of rotatable bonds is 0. The molecule has 4 atom stereocenters. The predicted octanol–water partition coefficient (Wildman–Crippen LogP) is 1.13. The molecule has 3 aliphatic heterocycles. The van der Waals surface area contributed by atoms with Crippen LogP contribution in [-0.4, -0.2) is 11.9 Å². The van der Waals surface area contributed by atoms with E-state index in [2.05, 4.69) is 4.74 Å². The number of carbonyl (C=O) groups is 2. The summed E-state index contributed by atoms with van der Waals surface area (Å²) in [6.07, 6.45) is -0.574. The van der Waals surface area contributed by atoms with Gasteiger partial charge < -0.3 is 9.47 Å². The third-order valence-corrected chi connectivity index (χ3v) is 3.69. The first-order chi connectivity index (χ1) is 7.77. The molecule has 4 nitrogen and oxygen atoms in total. The highest BCUT2D eigenvalue weighted by atomic mass is 16.6. The minimum atomic E-state index is -0.433. The van der Waals surface area contributed by atoms with Crippen LogP contribution in [0.2, 0.25) is 0 Å². The molecular formula is C12H8O4. The predicted molar refractivity (Wildman–Crippen MR) is 51.1 cm³/mol. The monoisotopic (exact) mass is 216 g/mol. The van der Waals surface area contributed by atoms with Crippen LogP contribution in [0.15, 0.2) is 24.3 Å². The molecular weight excluding hydrogens is 208 g/mol. The number of ether oxygens (including phenoxy) is 2. The summed E-state index contributed by atoms with van der Waals surface area (Å²) < 4.78 is 10.4. The summed E-state index contributed by atoms with van der Waals surface area (Å²) in [5.74, 6) is -1.71. The van der Waals surface area contributed by atoms with Crippen molar-refractivity contribution in [3.63, 3.8) is 0 Å². The average molecular weight is 216 g/mol. The van der Waals surface area contributed by atoms with Crippen molar-refractivity contribution in [2.75, 3.05) is 0 Å². The van der Waals surface area contributed by atoms with Crippen LogP contribution in [0.3, 0.4) is 0 Å². The Morgan fingerprint density at radius 3 is 1.88 bits per heavy atom. The average Bonchev–Trinajstić information content (AvgIpc) is 2.91. The topological polar surface area (TPSA) is 52.6 Å². The summed E-state index contributed by atoms with van der Waals surface area (Å²) in [7, 11) is 0. The van der Waals surface area contributed by atoms with E-state index in [1.807, 2.05) is 24.3 Å². The van der Waals surface area contributed by atoms with E-state index in [0.29, 0.717) is 0 Å². The molecule has 0 aliphatic carbocycles. The molecule has 4 heteroatoms. The molecule has 0 spiro atoms. The van der Waals surface area contributed by atoms with Crippen molar-refractivity contribution < 1.29 is 19.1 Å². The lowest BCUT2D eigenvalue weighted by molar-refractivity contribution is -0.157. The van der Waals surface area contributed by atoms with Gasteiger partial charge in [0.25, 0.3) is 0 Å². The Balaban J connectivity index is 1.92. The largest absolute Gasteiger partial charge is 0.393 e. The highest BCUT2D eigenvalue weighted by Crippen LogP contribution is 2.59. The SMILES string of the molecule is O=C1OC(=O)C2C3OC(c4ccccc43)C12. The highest BCUT2D eigenvalue weighted by molar-refractivity contribution is 5.98. The van der Waals surface area contributed by atoms with Crippen molar-refractivity contribution in [3.8, 4) is 0 Å². The van der Waals surface area contributed by atoms with Crippen molar-refractivity contribution in [1.29, 1.82) is 0 Å². The zero-order chi connectivity index (χ0) is 10.9. The molecule has 1 aromatic carbocycles. The minimum Gasteiger partial charge on any atom is -0.393 e. The van der Waals surface area contributed by atoms with E-state index in [1.165, 1.54) is 0 Å². The fourth-order valence-corrected chi connectivity index (χ4v) is 3.04. The maximum atomic E-state index is 11.5. The van der Waals surface area contributed by atoms with E-state index in [1.54, 1.807) is 0 Å². The van der Waals surface area contributed by atoms with E-state index < -0.39 is 23.8 Å². The van der Waals surface area contributed by atoms with Gasteiger partial charge in [0.1, 0.15) is 11.8 Å². The van der Waals surface area contributed by atoms with Crippen molar-refractivity contribution in [3.05, 3.63) is 35.4 Å². The second kappa shape index (κ2) is 2.52. The standard InChI is InChI=1S/C12H8O4/c13-11-7-8(12(14)16-11)10-6-4-2-1-3-5(6)9(7)15-10/h1-4,7-10H. The van der Waals surface area contributed by atoms with Gasteiger partial charge in [0.2, 0.25) is 0 Å². The Hall–Kier alpha value is -1.68. The molecule has 0 N–H and O–H groups in total. The number of benzene rings is 1. The molecule has 0 amide bonds. The summed E-state index contributed by atoms with van der Waals surface area (Å²) in [4.78, 5) is 23.1. The second-order valence-electron chi connectivity index (χ2n) is 4.40. The maximum absolute atomic E-state index is 11.5. The molecule has 80 valence electrons. The fourth-order valence-electron chi connectivity index (χ4n) is 3.04. The zero-order valence-corrected chi connectivity index (χ0v) is 8.25. The highest BCUT2D eigenvalue weighted by Gasteiger charge is 2.63. The minimum absolute atomic E-state index is 0.287. The molecule has 0 saturated carbocycles. The fraction of sp³-hybridized carbons (Fsp3) is 0.333. The third kappa shape index (κ3) is 0.769. The van der Waals surface area contributed by atoms with Crippen LogP contribution in [0.5, 0.6) is 0 Å². The molecule has 3 heterocycles. The summed E-state index contributed by atoms with van der Waals surface area (Å²) in [6.45, 7) is 0. The molecule has 16 heavy (non-hydrogen) atoms. The van der Waals surface area contributed by atoms with Crippen LogP contribution in [0.4, 0.5) is 0 Å². The first-order valence-electron chi connectivity index (χ1n) is 5.27. The van der Waals surface area contributed by atoms with Crippen LogP contribution in [0, 0.1) is 11.8 Å². The lowest BCUT2D eigenvalue weighted by Gasteiger charge is -2.17. The van der Waals surface area contributed by atoms with Crippen LogP contribution in [0.25, 0.3) is 0 Å².